The molecule has 0 aromatic heterocycles. The Labute approximate surface area is 117 Å². The number of nitrogens with two attached hydrogens (primary N) is 1. The normalized spacial score (nSPS) is 22.2. The minimum atomic E-state index is -0.371. The van der Waals surface area contributed by atoms with E-state index in [0.717, 1.165) is 31.2 Å². The number of carbonyl (C=O) groups excluding carboxylic acids is 1. The van der Waals surface area contributed by atoms with E-state index < -0.39 is 0 Å². The first-order valence-electron chi connectivity index (χ1n) is 6.79. The molecule has 0 unspecified atom stereocenters. The van der Waals surface area contributed by atoms with E-state index in [0.29, 0.717) is 5.69 Å². The summed E-state index contributed by atoms with van der Waals surface area (Å²) in [5.74, 6) is -0.301. The fraction of sp³-hybridized carbons (Fsp3) is 0.500. The van der Waals surface area contributed by atoms with E-state index >= 15 is 0 Å². The largest absolute Gasteiger partial charge is 0.377 e. The number of carbonyl (C=O) groups is 1. The zero-order chi connectivity index (χ0) is 14.7. The Balaban J connectivity index is 2.08. The fourth-order valence-electron chi connectivity index (χ4n) is 2.72. The second-order valence-corrected chi connectivity index (χ2v) is 5.32. The summed E-state index contributed by atoms with van der Waals surface area (Å²) >= 11 is 0. The first-order chi connectivity index (χ1) is 9.49. The van der Waals surface area contributed by atoms with Crippen molar-refractivity contribution in [1.82, 2.24) is 0 Å². The number of nitrogens with zero attached hydrogens (tertiary/aromatic N) is 1. The van der Waals surface area contributed by atoms with E-state index in [9.17, 15) is 14.9 Å². The Morgan fingerprint density at radius 1 is 1.35 bits per heavy atom. The number of amides is 1. The molecule has 1 fully saturated rings. The van der Waals surface area contributed by atoms with Gasteiger partial charge < -0.3 is 11.1 Å². The second-order valence-electron chi connectivity index (χ2n) is 5.32. The van der Waals surface area contributed by atoms with Gasteiger partial charge in [-0.15, -0.1) is 0 Å². The van der Waals surface area contributed by atoms with Gasteiger partial charge >= 0.3 is 0 Å². The van der Waals surface area contributed by atoms with Gasteiger partial charge in [-0.3, -0.25) is 14.9 Å². The Hall–Kier alpha value is -2.11. The molecule has 2 rings (SSSR count). The summed E-state index contributed by atoms with van der Waals surface area (Å²) in [6.45, 7) is 1.85. The number of para-hydroxylation sites is 1. The highest BCUT2D eigenvalue weighted by molar-refractivity contribution is 5.76. The second kappa shape index (κ2) is 5.90. The lowest BCUT2D eigenvalue weighted by atomic mass is 9.85. The average Bonchev–Trinajstić information content (AvgIpc) is 2.41. The van der Waals surface area contributed by atoms with Crippen molar-refractivity contribution in [1.29, 1.82) is 0 Å². The van der Waals surface area contributed by atoms with Crippen molar-refractivity contribution in [3.05, 3.63) is 33.9 Å². The van der Waals surface area contributed by atoms with E-state index in [-0.39, 0.29) is 28.5 Å². The molecule has 1 aliphatic carbocycles. The van der Waals surface area contributed by atoms with Gasteiger partial charge in [-0.05, 0) is 38.2 Å². The van der Waals surface area contributed by atoms with Crippen LogP contribution in [-0.4, -0.2) is 16.9 Å². The zero-order valence-corrected chi connectivity index (χ0v) is 11.5. The van der Waals surface area contributed by atoms with Crippen LogP contribution in [0.2, 0.25) is 0 Å². The number of rotatable bonds is 4. The van der Waals surface area contributed by atoms with Crippen LogP contribution in [0, 0.1) is 23.0 Å². The SMILES string of the molecule is Cc1cccc([N+](=O)[O-])c1NC1CCC(C(N)=O)CC1. The van der Waals surface area contributed by atoms with Crippen molar-refractivity contribution in [2.45, 2.75) is 38.6 Å². The lowest BCUT2D eigenvalue weighted by Gasteiger charge is -2.28. The molecule has 0 heterocycles. The molecule has 1 aromatic carbocycles. The Morgan fingerprint density at radius 2 is 2.00 bits per heavy atom. The monoisotopic (exact) mass is 277 g/mol. The maximum atomic E-state index is 11.1. The predicted molar refractivity (Wildman–Crippen MR) is 76.4 cm³/mol. The van der Waals surface area contributed by atoms with Crippen molar-refractivity contribution >= 4 is 17.3 Å². The molecule has 6 nitrogen and oxygen atoms in total. The summed E-state index contributed by atoms with van der Waals surface area (Å²) in [5.41, 5.74) is 6.84. The Morgan fingerprint density at radius 3 is 2.55 bits per heavy atom. The number of nitro benzene ring substituents is 1. The third-order valence-electron chi connectivity index (χ3n) is 3.93. The minimum Gasteiger partial charge on any atom is -0.377 e. The molecule has 6 heteroatoms. The highest BCUT2D eigenvalue weighted by Crippen LogP contribution is 2.32. The van der Waals surface area contributed by atoms with Crippen LogP contribution in [0.15, 0.2) is 18.2 Å². The summed E-state index contributed by atoms with van der Waals surface area (Å²) in [6.07, 6.45) is 3.09. The smallest absolute Gasteiger partial charge is 0.292 e. The molecule has 0 spiro atoms. The van der Waals surface area contributed by atoms with E-state index in [4.69, 9.17) is 5.73 Å². The molecular formula is C14H19N3O3. The number of primary amides is 1. The van der Waals surface area contributed by atoms with Gasteiger partial charge in [0.15, 0.2) is 0 Å². The Kier molecular flexibility index (Phi) is 4.22. The first kappa shape index (κ1) is 14.3. The van der Waals surface area contributed by atoms with E-state index in [1.165, 1.54) is 6.07 Å². The average molecular weight is 277 g/mol. The Bertz CT molecular complexity index is 522. The molecule has 0 aliphatic heterocycles. The van der Waals surface area contributed by atoms with Crippen molar-refractivity contribution in [3.8, 4) is 0 Å². The van der Waals surface area contributed by atoms with Crippen LogP contribution in [0.5, 0.6) is 0 Å². The zero-order valence-electron chi connectivity index (χ0n) is 11.5. The fourth-order valence-corrected chi connectivity index (χ4v) is 2.72. The van der Waals surface area contributed by atoms with Gasteiger partial charge in [-0.2, -0.15) is 0 Å². The lowest BCUT2D eigenvalue weighted by Crippen LogP contribution is -2.32. The standard InChI is InChI=1S/C14H19N3O3/c1-9-3-2-4-12(17(19)20)13(9)16-11-7-5-10(6-8-11)14(15)18/h2-4,10-11,16H,5-8H2,1H3,(H2,15,18). The highest BCUT2D eigenvalue weighted by atomic mass is 16.6. The molecule has 20 heavy (non-hydrogen) atoms. The van der Waals surface area contributed by atoms with Crippen molar-refractivity contribution in [2.24, 2.45) is 11.7 Å². The molecular weight excluding hydrogens is 258 g/mol. The van der Waals surface area contributed by atoms with Gasteiger partial charge in [0.1, 0.15) is 5.69 Å². The molecule has 108 valence electrons. The van der Waals surface area contributed by atoms with E-state index in [1.807, 2.05) is 13.0 Å². The van der Waals surface area contributed by atoms with Crippen LogP contribution in [0.3, 0.4) is 0 Å². The number of benzene rings is 1. The molecule has 1 saturated carbocycles. The third-order valence-corrected chi connectivity index (χ3v) is 3.93. The summed E-state index contributed by atoms with van der Waals surface area (Å²) in [5, 5.41) is 14.3. The van der Waals surface area contributed by atoms with E-state index in [1.54, 1.807) is 6.07 Å². The highest BCUT2D eigenvalue weighted by Gasteiger charge is 2.26. The number of anilines is 1. The van der Waals surface area contributed by atoms with Crippen molar-refractivity contribution < 1.29 is 9.72 Å². The van der Waals surface area contributed by atoms with Crippen LogP contribution in [-0.2, 0) is 4.79 Å². The number of hydrogen-bond acceptors (Lipinski definition) is 4. The number of hydrogen-bond donors (Lipinski definition) is 2. The summed E-state index contributed by atoms with van der Waals surface area (Å²) < 4.78 is 0. The van der Waals surface area contributed by atoms with Gasteiger partial charge in [-0.1, -0.05) is 12.1 Å². The van der Waals surface area contributed by atoms with Crippen LogP contribution in [0.1, 0.15) is 31.2 Å². The van der Waals surface area contributed by atoms with Gasteiger partial charge in [-0.25, -0.2) is 0 Å². The topological polar surface area (TPSA) is 98.3 Å². The van der Waals surface area contributed by atoms with Crippen LogP contribution >= 0.6 is 0 Å². The summed E-state index contributed by atoms with van der Waals surface area (Å²) in [4.78, 5) is 21.8. The van der Waals surface area contributed by atoms with Gasteiger partial charge in [0.2, 0.25) is 5.91 Å². The van der Waals surface area contributed by atoms with Gasteiger partial charge in [0, 0.05) is 18.0 Å². The predicted octanol–water partition coefficient (Wildman–Crippen LogP) is 2.36. The molecule has 1 amide bonds. The quantitative estimate of drug-likeness (QED) is 0.652. The molecule has 0 radical (unpaired) electrons. The van der Waals surface area contributed by atoms with Gasteiger partial charge in [0.05, 0.1) is 4.92 Å². The van der Waals surface area contributed by atoms with E-state index in [2.05, 4.69) is 5.32 Å². The third kappa shape index (κ3) is 3.07. The summed E-state index contributed by atoms with van der Waals surface area (Å²) in [6, 6.07) is 5.20. The number of aryl methyl sites for hydroxylation is 1. The maximum absolute atomic E-state index is 11.1. The van der Waals surface area contributed by atoms with Crippen molar-refractivity contribution in [3.63, 3.8) is 0 Å². The van der Waals surface area contributed by atoms with Crippen LogP contribution in [0.4, 0.5) is 11.4 Å². The molecule has 0 atom stereocenters. The van der Waals surface area contributed by atoms with Crippen LogP contribution < -0.4 is 11.1 Å². The number of nitrogens with one attached hydrogen (secondary N) is 1. The summed E-state index contributed by atoms with van der Waals surface area (Å²) in [7, 11) is 0. The first-order valence-corrected chi connectivity index (χ1v) is 6.79. The van der Waals surface area contributed by atoms with Crippen LogP contribution in [0.25, 0.3) is 0 Å². The number of nitro groups is 1. The molecule has 1 aromatic rings. The molecule has 1 aliphatic rings. The van der Waals surface area contributed by atoms with Gasteiger partial charge in [0.25, 0.3) is 5.69 Å². The lowest BCUT2D eigenvalue weighted by molar-refractivity contribution is -0.384. The molecule has 0 saturated heterocycles. The molecule has 0 bridgehead atoms. The maximum Gasteiger partial charge on any atom is 0.292 e. The van der Waals surface area contributed by atoms with Crippen molar-refractivity contribution in [2.75, 3.05) is 5.32 Å². The molecule has 3 N–H and O–H groups in total. The minimum absolute atomic E-state index is 0.0556.